The summed E-state index contributed by atoms with van der Waals surface area (Å²) in [5.41, 5.74) is 2.70. The Kier molecular flexibility index (Phi) is 5.87. The highest BCUT2D eigenvalue weighted by atomic mass is 16.3. The highest BCUT2D eigenvalue weighted by Gasteiger charge is 2.21. The van der Waals surface area contributed by atoms with Gasteiger partial charge in [0.1, 0.15) is 0 Å². The molecule has 0 bridgehead atoms. The Balaban J connectivity index is 1.29. The molecule has 9 nitrogen and oxygen atoms in total. The number of anilines is 2. The number of aliphatic hydroxyl groups is 1. The van der Waals surface area contributed by atoms with Gasteiger partial charge in [0.05, 0.1) is 10.9 Å². The Morgan fingerprint density at radius 2 is 1.71 bits per heavy atom. The van der Waals surface area contributed by atoms with Gasteiger partial charge in [-0.3, -0.25) is 19.3 Å². The fourth-order valence-corrected chi connectivity index (χ4v) is 4.12. The van der Waals surface area contributed by atoms with Gasteiger partial charge in [-0.2, -0.15) is 5.10 Å². The first-order valence-electron chi connectivity index (χ1n) is 11.2. The molecule has 0 radical (unpaired) electrons. The Hall–Kier alpha value is -3.95. The van der Waals surface area contributed by atoms with E-state index in [1.807, 2.05) is 18.2 Å². The minimum atomic E-state index is -1.29. The van der Waals surface area contributed by atoms with Crippen LogP contribution in [0.5, 0.6) is 0 Å². The van der Waals surface area contributed by atoms with Gasteiger partial charge in [-0.05, 0) is 36.9 Å². The summed E-state index contributed by atoms with van der Waals surface area (Å²) in [6.45, 7) is 3.95. The molecule has 1 amide bonds. The number of hydrogen-bond donors (Lipinski definition) is 3. The lowest BCUT2D eigenvalue weighted by atomic mass is 10.1. The van der Waals surface area contributed by atoms with E-state index in [0.717, 1.165) is 31.9 Å². The quantitative estimate of drug-likeness (QED) is 0.425. The van der Waals surface area contributed by atoms with Crippen LogP contribution >= 0.6 is 0 Å². The predicted octanol–water partition coefficient (Wildman–Crippen LogP) is 2.74. The maximum absolute atomic E-state index is 12.8. The van der Waals surface area contributed by atoms with Crippen molar-refractivity contribution in [2.45, 2.75) is 6.10 Å². The highest BCUT2D eigenvalue weighted by molar-refractivity contribution is 6.08. The molecule has 1 saturated heterocycles. The average molecular weight is 459 g/mol. The molecule has 1 fully saturated rings. The number of carbonyl (C=O) groups excluding carboxylic acids is 2. The van der Waals surface area contributed by atoms with Crippen molar-refractivity contribution in [2.75, 3.05) is 43.4 Å². The van der Waals surface area contributed by atoms with Gasteiger partial charge in [0.25, 0.3) is 11.8 Å². The van der Waals surface area contributed by atoms with Crippen LogP contribution in [-0.2, 0) is 0 Å². The lowest BCUT2D eigenvalue weighted by molar-refractivity contribution is 0.0655. The van der Waals surface area contributed by atoms with Crippen molar-refractivity contribution in [3.8, 4) is 0 Å². The number of H-pyrrole nitrogens is 1. The number of benzene rings is 2. The second kappa shape index (κ2) is 9.12. The van der Waals surface area contributed by atoms with Gasteiger partial charge < -0.3 is 20.2 Å². The summed E-state index contributed by atoms with van der Waals surface area (Å²) < 4.78 is 1.31. The fourth-order valence-electron chi connectivity index (χ4n) is 4.12. The monoisotopic (exact) mass is 458 g/mol. The lowest BCUT2D eigenvalue weighted by Gasteiger charge is -2.34. The molecule has 34 heavy (non-hydrogen) atoms. The zero-order chi connectivity index (χ0) is 23.7. The summed E-state index contributed by atoms with van der Waals surface area (Å²) >= 11 is 0. The Bertz CT molecular complexity index is 1300. The first kappa shape index (κ1) is 21.9. The van der Waals surface area contributed by atoms with Gasteiger partial charge in [-0.15, -0.1) is 0 Å². The number of fused-ring (bicyclic) bond motifs is 1. The SMILES string of the molecule is CN1CCN(c2ccc(C(=O)Nc3n[nH]c4cn(C(=O)[C@H](O)c5ccccc5)cc34)cc2)CC1. The van der Waals surface area contributed by atoms with Crippen molar-refractivity contribution in [1.29, 1.82) is 0 Å². The summed E-state index contributed by atoms with van der Waals surface area (Å²) in [5.74, 6) is -0.460. The molecule has 0 unspecified atom stereocenters. The van der Waals surface area contributed by atoms with Crippen LogP contribution in [-0.4, -0.2) is 69.8 Å². The largest absolute Gasteiger partial charge is 0.378 e. The standard InChI is InChI=1S/C25H26N6O3/c1-29-11-13-30(14-12-29)19-9-7-18(8-10-19)24(33)26-23-20-15-31(16-21(20)27-28-23)25(34)22(32)17-5-3-2-4-6-17/h2-10,15-16,22,27,32H,11-14H2,1H3,(H,26,28,33)/t22-/m1/s1. The first-order chi connectivity index (χ1) is 16.5. The lowest BCUT2D eigenvalue weighted by Crippen LogP contribution is -2.44. The van der Waals surface area contributed by atoms with Gasteiger partial charge in [0, 0.05) is 49.8 Å². The third-order valence-corrected chi connectivity index (χ3v) is 6.20. The summed E-state index contributed by atoms with van der Waals surface area (Å²) in [7, 11) is 2.12. The van der Waals surface area contributed by atoms with Gasteiger partial charge in [-0.25, -0.2) is 0 Å². The molecular formula is C25H26N6O3. The maximum atomic E-state index is 12.8. The molecule has 2 aromatic heterocycles. The van der Waals surface area contributed by atoms with Gasteiger partial charge in [-0.1, -0.05) is 30.3 Å². The zero-order valence-corrected chi connectivity index (χ0v) is 18.8. The number of likely N-dealkylation sites (N-methyl/N-ethyl adjacent to an activating group) is 1. The third kappa shape index (κ3) is 4.30. The van der Waals surface area contributed by atoms with Gasteiger partial charge >= 0.3 is 0 Å². The number of amides is 1. The maximum Gasteiger partial charge on any atom is 0.264 e. The molecule has 0 aliphatic carbocycles. The van der Waals surface area contributed by atoms with Crippen molar-refractivity contribution in [1.82, 2.24) is 19.7 Å². The van der Waals surface area contributed by atoms with Crippen LogP contribution in [0.1, 0.15) is 26.8 Å². The van der Waals surface area contributed by atoms with Crippen molar-refractivity contribution in [3.63, 3.8) is 0 Å². The van der Waals surface area contributed by atoms with Crippen molar-refractivity contribution < 1.29 is 14.7 Å². The number of rotatable bonds is 5. The molecule has 2 aromatic carbocycles. The smallest absolute Gasteiger partial charge is 0.264 e. The molecule has 1 aliphatic rings. The van der Waals surface area contributed by atoms with E-state index in [1.165, 1.54) is 4.57 Å². The molecule has 0 saturated carbocycles. The minimum Gasteiger partial charge on any atom is -0.378 e. The van der Waals surface area contributed by atoms with E-state index in [9.17, 15) is 14.7 Å². The van der Waals surface area contributed by atoms with E-state index in [-0.39, 0.29) is 5.91 Å². The van der Waals surface area contributed by atoms with E-state index in [2.05, 4.69) is 32.4 Å². The number of piperazine rings is 1. The second-order valence-electron chi connectivity index (χ2n) is 8.51. The molecule has 4 aromatic rings. The Morgan fingerprint density at radius 1 is 1.00 bits per heavy atom. The molecule has 3 N–H and O–H groups in total. The molecule has 174 valence electrons. The number of aromatic amines is 1. The number of aromatic nitrogens is 3. The Labute approximate surface area is 196 Å². The number of nitrogens with one attached hydrogen (secondary N) is 2. The summed E-state index contributed by atoms with van der Waals surface area (Å²) in [4.78, 5) is 30.2. The van der Waals surface area contributed by atoms with Crippen molar-refractivity contribution in [2.24, 2.45) is 0 Å². The third-order valence-electron chi connectivity index (χ3n) is 6.20. The van der Waals surface area contributed by atoms with Crippen LogP contribution in [0.3, 0.4) is 0 Å². The molecule has 3 heterocycles. The van der Waals surface area contributed by atoms with Crippen LogP contribution in [0.25, 0.3) is 10.9 Å². The zero-order valence-electron chi connectivity index (χ0n) is 18.8. The van der Waals surface area contributed by atoms with Crippen molar-refractivity contribution >= 4 is 34.2 Å². The highest BCUT2D eigenvalue weighted by Crippen LogP contribution is 2.24. The van der Waals surface area contributed by atoms with Gasteiger partial charge in [0.15, 0.2) is 11.9 Å². The molecule has 0 spiro atoms. The molecule has 1 aliphatic heterocycles. The van der Waals surface area contributed by atoms with E-state index >= 15 is 0 Å². The number of hydrogen-bond acceptors (Lipinski definition) is 6. The molecule has 1 atom stereocenters. The summed E-state index contributed by atoms with van der Waals surface area (Å²) in [6.07, 6.45) is 1.82. The first-order valence-corrected chi connectivity index (χ1v) is 11.2. The van der Waals surface area contributed by atoms with E-state index < -0.39 is 12.0 Å². The van der Waals surface area contributed by atoms with Crippen LogP contribution in [0.4, 0.5) is 11.5 Å². The van der Waals surface area contributed by atoms with Gasteiger partial charge in [0.2, 0.25) is 0 Å². The Morgan fingerprint density at radius 3 is 2.41 bits per heavy atom. The molecule has 5 rings (SSSR count). The van der Waals surface area contributed by atoms with Crippen LogP contribution in [0.2, 0.25) is 0 Å². The molecular weight excluding hydrogens is 432 g/mol. The topological polar surface area (TPSA) is 106 Å². The fraction of sp³-hybridized carbons (Fsp3) is 0.240. The summed E-state index contributed by atoms with van der Waals surface area (Å²) in [6, 6.07) is 16.3. The van der Waals surface area contributed by atoms with Crippen LogP contribution in [0, 0.1) is 0 Å². The number of aliphatic hydroxyl groups excluding tert-OH is 1. The minimum absolute atomic E-state index is 0.290. The van der Waals surface area contributed by atoms with E-state index in [4.69, 9.17) is 0 Å². The second-order valence-corrected chi connectivity index (χ2v) is 8.51. The van der Waals surface area contributed by atoms with Crippen LogP contribution < -0.4 is 10.2 Å². The summed E-state index contributed by atoms with van der Waals surface area (Å²) in [5, 5.41) is 20.8. The number of nitrogens with zero attached hydrogens (tertiary/aromatic N) is 4. The average Bonchev–Trinajstić information content (AvgIpc) is 3.46. The van der Waals surface area contributed by atoms with Crippen LogP contribution in [0.15, 0.2) is 67.0 Å². The predicted molar refractivity (Wildman–Crippen MR) is 130 cm³/mol. The van der Waals surface area contributed by atoms with Crippen molar-refractivity contribution in [3.05, 3.63) is 78.1 Å². The number of carbonyl (C=O) groups is 2. The van der Waals surface area contributed by atoms with E-state index in [1.54, 1.807) is 48.8 Å². The van der Waals surface area contributed by atoms with E-state index in [0.29, 0.717) is 27.8 Å². The normalized spacial score (nSPS) is 15.4. The molecule has 9 heteroatoms.